The van der Waals surface area contributed by atoms with Gasteiger partial charge in [0.1, 0.15) is 6.20 Å². The third-order valence-corrected chi connectivity index (χ3v) is 1.78. The molecule has 78 valence electrons. The summed E-state index contributed by atoms with van der Waals surface area (Å²) in [6, 6.07) is 0. The minimum absolute atomic E-state index is 0.0874. The number of aromatic nitrogens is 4. The number of nitro groups is 1. The van der Waals surface area contributed by atoms with E-state index in [2.05, 4.69) is 14.5 Å². The summed E-state index contributed by atoms with van der Waals surface area (Å²) in [6.07, 6.45) is 1.06. The fourth-order valence-electron chi connectivity index (χ4n) is 1.09. The van der Waals surface area contributed by atoms with Crippen LogP contribution in [0.3, 0.4) is 0 Å². The summed E-state index contributed by atoms with van der Waals surface area (Å²) in [4.78, 5) is 24.3. The normalized spacial score (nSPS) is 10.5. The number of H-pyrrole nitrogens is 1. The highest BCUT2D eigenvalue weighted by molar-refractivity contribution is 5.44. The van der Waals surface area contributed by atoms with E-state index >= 15 is 0 Å². The zero-order valence-corrected chi connectivity index (χ0v) is 7.50. The Hall–Kier alpha value is -2.45. The van der Waals surface area contributed by atoms with Crippen LogP contribution in [0.15, 0.2) is 15.4 Å². The average molecular weight is 211 g/mol. The van der Waals surface area contributed by atoms with Crippen molar-refractivity contribution in [3.05, 3.63) is 26.9 Å². The molecule has 9 nitrogen and oxygen atoms in total. The highest BCUT2D eigenvalue weighted by atomic mass is 16.6. The minimum Gasteiger partial charge on any atom is -0.382 e. The average Bonchev–Trinajstić information content (AvgIpc) is 2.71. The van der Waals surface area contributed by atoms with Crippen LogP contribution in [-0.4, -0.2) is 24.7 Å². The van der Waals surface area contributed by atoms with Crippen LogP contribution in [0.5, 0.6) is 0 Å². The Morgan fingerprint density at radius 1 is 1.67 bits per heavy atom. The van der Waals surface area contributed by atoms with Gasteiger partial charge in [0.05, 0.1) is 7.05 Å². The van der Waals surface area contributed by atoms with Gasteiger partial charge in [-0.05, 0) is 4.92 Å². The minimum atomic E-state index is -0.740. The van der Waals surface area contributed by atoms with E-state index in [1.54, 1.807) is 0 Å². The molecule has 9 heteroatoms. The number of rotatable bonds is 2. The van der Waals surface area contributed by atoms with Crippen LogP contribution < -0.4 is 5.76 Å². The van der Waals surface area contributed by atoms with E-state index in [9.17, 15) is 14.9 Å². The Bertz CT molecular complexity index is 564. The molecule has 0 aliphatic heterocycles. The summed E-state index contributed by atoms with van der Waals surface area (Å²) in [5.41, 5.74) is 0. The summed E-state index contributed by atoms with van der Waals surface area (Å²) in [7, 11) is 1.43. The molecule has 2 heterocycles. The molecule has 15 heavy (non-hydrogen) atoms. The number of hydrogen-bond donors (Lipinski definition) is 1. The first-order chi connectivity index (χ1) is 7.09. The predicted octanol–water partition coefficient (Wildman–Crippen LogP) is -0.328. The lowest BCUT2D eigenvalue weighted by molar-refractivity contribution is -0.391. The summed E-state index contributed by atoms with van der Waals surface area (Å²) in [5, 5.41) is 16.0. The van der Waals surface area contributed by atoms with E-state index in [4.69, 9.17) is 0 Å². The Morgan fingerprint density at radius 2 is 2.40 bits per heavy atom. The first-order valence-electron chi connectivity index (χ1n) is 3.81. The predicted molar refractivity (Wildman–Crippen MR) is 46.0 cm³/mol. The maximum Gasteiger partial charge on any atom is 0.434 e. The zero-order valence-electron chi connectivity index (χ0n) is 7.50. The van der Waals surface area contributed by atoms with Crippen molar-refractivity contribution in [2.75, 3.05) is 0 Å². The second kappa shape index (κ2) is 3.04. The van der Waals surface area contributed by atoms with Crippen molar-refractivity contribution in [1.29, 1.82) is 0 Å². The number of nitrogens with one attached hydrogen (secondary N) is 1. The fourth-order valence-corrected chi connectivity index (χ4v) is 1.09. The molecule has 0 amide bonds. The second-order valence-corrected chi connectivity index (χ2v) is 2.67. The van der Waals surface area contributed by atoms with E-state index in [1.807, 2.05) is 5.10 Å². The van der Waals surface area contributed by atoms with Gasteiger partial charge in [-0.1, -0.05) is 0 Å². The van der Waals surface area contributed by atoms with Gasteiger partial charge in [0.15, 0.2) is 0 Å². The standard InChI is InChI=1S/C6H5N5O4/c1-10-3(11(13)14)2-7-4(10)5-8-9-6(12)15-5/h2H,1H3,(H,9,12). The van der Waals surface area contributed by atoms with Crippen molar-refractivity contribution in [3.8, 4) is 11.7 Å². The fraction of sp³-hybridized carbons (Fsp3) is 0.167. The van der Waals surface area contributed by atoms with Gasteiger partial charge in [-0.3, -0.25) is 0 Å². The smallest absolute Gasteiger partial charge is 0.382 e. The van der Waals surface area contributed by atoms with Gasteiger partial charge in [0.2, 0.25) is 0 Å². The van der Waals surface area contributed by atoms with Crippen LogP contribution in [0.2, 0.25) is 0 Å². The van der Waals surface area contributed by atoms with Crippen LogP contribution in [0.1, 0.15) is 0 Å². The molecular weight excluding hydrogens is 206 g/mol. The van der Waals surface area contributed by atoms with Crippen molar-refractivity contribution in [1.82, 2.24) is 19.7 Å². The molecule has 0 spiro atoms. The van der Waals surface area contributed by atoms with Crippen LogP contribution in [-0.2, 0) is 7.05 Å². The largest absolute Gasteiger partial charge is 0.434 e. The summed E-state index contributed by atoms with van der Waals surface area (Å²) in [5.74, 6) is -0.929. The molecule has 0 atom stereocenters. The van der Waals surface area contributed by atoms with E-state index in [0.29, 0.717) is 0 Å². The van der Waals surface area contributed by atoms with Crippen molar-refractivity contribution in [3.63, 3.8) is 0 Å². The number of nitrogens with zero attached hydrogens (tertiary/aromatic N) is 4. The Kier molecular flexibility index (Phi) is 1.85. The molecular formula is C6H5N5O4. The summed E-state index contributed by atoms with van der Waals surface area (Å²) in [6.45, 7) is 0. The van der Waals surface area contributed by atoms with Gasteiger partial charge in [0.25, 0.3) is 5.82 Å². The monoisotopic (exact) mass is 211 g/mol. The molecule has 2 rings (SSSR count). The van der Waals surface area contributed by atoms with Crippen LogP contribution in [0.4, 0.5) is 5.82 Å². The van der Waals surface area contributed by atoms with E-state index < -0.39 is 10.7 Å². The number of aromatic amines is 1. The first-order valence-corrected chi connectivity index (χ1v) is 3.81. The SMILES string of the molecule is Cn1c([N+](=O)[O-])cnc1-c1n[nH]c(=O)o1. The van der Waals surface area contributed by atoms with Gasteiger partial charge in [-0.25, -0.2) is 19.4 Å². The highest BCUT2D eigenvalue weighted by Crippen LogP contribution is 2.18. The first kappa shape index (κ1) is 9.12. The molecule has 0 saturated carbocycles. The van der Waals surface area contributed by atoms with Gasteiger partial charge in [0, 0.05) is 0 Å². The Balaban J connectivity index is 2.55. The maximum atomic E-state index is 10.7. The maximum absolute atomic E-state index is 10.7. The quantitative estimate of drug-likeness (QED) is 0.536. The Labute approximate surface area is 81.5 Å². The van der Waals surface area contributed by atoms with Gasteiger partial charge in [-0.15, -0.1) is 5.10 Å². The molecule has 2 aromatic rings. The molecule has 0 radical (unpaired) electrons. The van der Waals surface area contributed by atoms with Crippen LogP contribution in [0, 0.1) is 10.1 Å². The van der Waals surface area contributed by atoms with Crippen LogP contribution in [0.25, 0.3) is 11.7 Å². The third kappa shape index (κ3) is 1.39. The lowest BCUT2D eigenvalue weighted by Crippen LogP contribution is -1.99. The van der Waals surface area contributed by atoms with E-state index in [0.717, 1.165) is 6.20 Å². The molecule has 0 aliphatic rings. The lowest BCUT2D eigenvalue weighted by Gasteiger charge is -1.93. The number of hydrogen-bond acceptors (Lipinski definition) is 6. The second-order valence-electron chi connectivity index (χ2n) is 2.67. The van der Waals surface area contributed by atoms with Gasteiger partial charge < -0.3 is 14.5 Å². The van der Waals surface area contributed by atoms with Gasteiger partial charge >= 0.3 is 17.5 Å². The highest BCUT2D eigenvalue weighted by Gasteiger charge is 2.21. The van der Waals surface area contributed by atoms with Gasteiger partial charge in [-0.2, -0.15) is 0 Å². The lowest BCUT2D eigenvalue weighted by atomic mass is 10.6. The molecule has 0 fully saturated rings. The topological polar surface area (TPSA) is 120 Å². The van der Waals surface area contributed by atoms with E-state index in [-0.39, 0.29) is 17.5 Å². The van der Waals surface area contributed by atoms with Crippen molar-refractivity contribution in [2.24, 2.45) is 7.05 Å². The zero-order chi connectivity index (χ0) is 11.0. The molecule has 2 aromatic heterocycles. The third-order valence-electron chi connectivity index (χ3n) is 1.78. The van der Waals surface area contributed by atoms with Crippen molar-refractivity contribution >= 4 is 5.82 Å². The molecule has 0 bridgehead atoms. The van der Waals surface area contributed by atoms with Crippen molar-refractivity contribution in [2.45, 2.75) is 0 Å². The molecule has 1 N–H and O–H groups in total. The molecule has 0 unspecified atom stereocenters. The molecule has 0 aliphatic carbocycles. The molecule has 0 aromatic carbocycles. The number of imidazole rings is 1. The van der Waals surface area contributed by atoms with Crippen molar-refractivity contribution < 1.29 is 9.34 Å². The Morgan fingerprint density at radius 3 is 2.87 bits per heavy atom. The van der Waals surface area contributed by atoms with Crippen LogP contribution >= 0.6 is 0 Å². The molecule has 0 saturated heterocycles. The summed E-state index contributed by atoms with van der Waals surface area (Å²) >= 11 is 0. The summed E-state index contributed by atoms with van der Waals surface area (Å²) < 4.78 is 5.78. The van der Waals surface area contributed by atoms with E-state index in [1.165, 1.54) is 11.6 Å².